The number of hydrogen-bond acceptors (Lipinski definition) is 7. The summed E-state index contributed by atoms with van der Waals surface area (Å²) < 4.78 is 115. The van der Waals surface area contributed by atoms with E-state index in [-0.39, 0.29) is 16.6 Å². The van der Waals surface area contributed by atoms with Crippen molar-refractivity contribution in [3.63, 3.8) is 0 Å². The van der Waals surface area contributed by atoms with E-state index in [1.54, 1.807) is 0 Å². The monoisotopic (exact) mass is 544 g/mol. The number of ether oxygens (including phenoxy) is 2. The average molecular weight is 545 g/mol. The molecule has 3 heterocycles. The van der Waals surface area contributed by atoms with Gasteiger partial charge in [-0.05, 0) is 11.6 Å². The van der Waals surface area contributed by atoms with Crippen LogP contribution in [0.2, 0.25) is 0 Å². The lowest BCUT2D eigenvalue weighted by atomic mass is 10.0. The first-order valence-electron chi connectivity index (χ1n) is 9.08. The Kier molecular flexibility index (Phi) is 7.02. The number of imidazole rings is 1. The van der Waals surface area contributed by atoms with Crippen molar-refractivity contribution >= 4 is 39.8 Å². The van der Waals surface area contributed by atoms with Gasteiger partial charge in [-0.1, -0.05) is 11.3 Å². The quantitative estimate of drug-likeness (QED) is 0.301. The van der Waals surface area contributed by atoms with Crippen LogP contribution < -0.4 is 0 Å². The highest BCUT2D eigenvalue weighted by molar-refractivity contribution is 7.16. The maximum Gasteiger partial charge on any atom is 0.490 e. The molecule has 3 rings (SSSR count). The van der Waals surface area contributed by atoms with Crippen molar-refractivity contribution in [3.8, 4) is 0 Å². The molecule has 1 aliphatic heterocycles. The number of halogens is 9. The SMILES string of the molecule is COCc1nn2c(CN3CC(CC(F)(F)Cl)C(OC(=O)C(F)(F)F)C3=O)c(C(F)(F)F)nc2s1. The summed E-state index contributed by atoms with van der Waals surface area (Å²) >= 11 is 5.58. The van der Waals surface area contributed by atoms with E-state index < -0.39 is 72.5 Å². The van der Waals surface area contributed by atoms with Gasteiger partial charge in [0.2, 0.25) is 4.96 Å². The summed E-state index contributed by atoms with van der Waals surface area (Å²) in [5.74, 6) is -5.95. The van der Waals surface area contributed by atoms with Crippen LogP contribution in [0.1, 0.15) is 22.8 Å². The molecule has 2 atom stereocenters. The number of fused-ring (bicyclic) bond motifs is 1. The highest BCUT2D eigenvalue weighted by Crippen LogP contribution is 2.38. The fourth-order valence-electron chi connectivity index (χ4n) is 3.35. The molecule has 0 saturated carbocycles. The molecule has 8 nitrogen and oxygen atoms in total. The third-order valence-electron chi connectivity index (χ3n) is 4.61. The minimum Gasteiger partial charge on any atom is -0.445 e. The van der Waals surface area contributed by atoms with Crippen LogP contribution in [0.3, 0.4) is 0 Å². The summed E-state index contributed by atoms with van der Waals surface area (Å²) in [5, 5.41) is 0.151. The van der Waals surface area contributed by atoms with E-state index in [4.69, 9.17) is 16.3 Å². The molecule has 190 valence electrons. The Bertz CT molecular complexity index is 1080. The van der Waals surface area contributed by atoms with E-state index >= 15 is 0 Å². The molecule has 0 radical (unpaired) electrons. The van der Waals surface area contributed by atoms with Crippen molar-refractivity contribution in [2.24, 2.45) is 5.92 Å². The predicted molar refractivity (Wildman–Crippen MR) is 96.8 cm³/mol. The molecule has 0 spiro atoms. The Morgan fingerprint density at radius 3 is 2.38 bits per heavy atom. The number of amides is 1. The normalized spacial score (nSPS) is 19.9. The van der Waals surface area contributed by atoms with Crippen molar-refractivity contribution in [2.45, 2.75) is 43.4 Å². The number of carbonyl (C=O) groups excluding carboxylic acids is 2. The van der Waals surface area contributed by atoms with Gasteiger partial charge in [0.15, 0.2) is 11.8 Å². The molecule has 2 aromatic heterocycles. The highest BCUT2D eigenvalue weighted by atomic mass is 35.5. The molecule has 18 heteroatoms. The van der Waals surface area contributed by atoms with E-state index in [1.807, 2.05) is 0 Å². The van der Waals surface area contributed by atoms with E-state index in [0.29, 0.717) is 4.90 Å². The number of methoxy groups -OCH3 is 1. The molecule has 2 unspecified atom stereocenters. The Morgan fingerprint density at radius 1 is 1.21 bits per heavy atom. The van der Waals surface area contributed by atoms with Gasteiger partial charge in [0.1, 0.15) is 5.01 Å². The minimum absolute atomic E-state index is 0.0696. The highest BCUT2D eigenvalue weighted by Gasteiger charge is 2.51. The molecule has 2 aromatic rings. The molecule has 0 bridgehead atoms. The molecule has 1 saturated heterocycles. The van der Waals surface area contributed by atoms with Gasteiger partial charge < -0.3 is 14.4 Å². The van der Waals surface area contributed by atoms with Crippen molar-refractivity contribution < 1.29 is 54.2 Å². The third-order valence-corrected chi connectivity index (χ3v) is 5.65. The van der Waals surface area contributed by atoms with Gasteiger partial charge in [-0.15, -0.1) is 0 Å². The van der Waals surface area contributed by atoms with Crippen LogP contribution in [0, 0.1) is 5.92 Å². The summed E-state index contributed by atoms with van der Waals surface area (Å²) in [6.07, 6.45) is -14.3. The second-order valence-corrected chi connectivity index (χ2v) is 8.74. The Morgan fingerprint density at radius 2 is 1.85 bits per heavy atom. The van der Waals surface area contributed by atoms with Crippen molar-refractivity contribution in [1.29, 1.82) is 0 Å². The number of rotatable bonds is 7. The first-order chi connectivity index (χ1) is 15.5. The van der Waals surface area contributed by atoms with Gasteiger partial charge >= 0.3 is 23.7 Å². The second-order valence-electron chi connectivity index (χ2n) is 7.15. The topological polar surface area (TPSA) is 86.0 Å². The van der Waals surface area contributed by atoms with Gasteiger partial charge in [0.25, 0.3) is 5.91 Å². The number of aromatic nitrogens is 3. The van der Waals surface area contributed by atoms with Gasteiger partial charge in [0.05, 0.1) is 18.8 Å². The van der Waals surface area contributed by atoms with Crippen LogP contribution in [0.25, 0.3) is 4.96 Å². The number of hydrogen-bond donors (Lipinski definition) is 0. The molecule has 0 N–H and O–H groups in total. The first-order valence-corrected chi connectivity index (χ1v) is 10.3. The van der Waals surface area contributed by atoms with E-state index in [1.165, 1.54) is 7.11 Å². The molecule has 34 heavy (non-hydrogen) atoms. The summed E-state index contributed by atoms with van der Waals surface area (Å²) in [6, 6.07) is 0. The van der Waals surface area contributed by atoms with E-state index in [9.17, 15) is 44.7 Å². The zero-order chi connectivity index (χ0) is 25.6. The first kappa shape index (κ1) is 26.3. The summed E-state index contributed by atoms with van der Waals surface area (Å²) in [5.41, 5.74) is -2.10. The van der Waals surface area contributed by atoms with E-state index in [2.05, 4.69) is 14.8 Å². The smallest absolute Gasteiger partial charge is 0.445 e. The molecular weight excluding hydrogens is 532 g/mol. The van der Waals surface area contributed by atoms with Crippen LogP contribution >= 0.6 is 22.9 Å². The van der Waals surface area contributed by atoms with Crippen molar-refractivity contribution in [3.05, 3.63) is 16.4 Å². The molecule has 1 fully saturated rings. The van der Waals surface area contributed by atoms with Crippen LogP contribution in [-0.4, -0.2) is 62.7 Å². The molecule has 1 aliphatic rings. The predicted octanol–water partition coefficient (Wildman–Crippen LogP) is 3.61. The maximum absolute atomic E-state index is 13.5. The fraction of sp³-hybridized carbons (Fsp3) is 0.625. The van der Waals surface area contributed by atoms with Gasteiger partial charge in [-0.25, -0.2) is 14.3 Å². The summed E-state index contributed by atoms with van der Waals surface area (Å²) in [7, 11) is 1.31. The fourth-order valence-corrected chi connectivity index (χ4v) is 4.43. The zero-order valence-corrected chi connectivity index (χ0v) is 18.3. The zero-order valence-electron chi connectivity index (χ0n) is 16.7. The lowest BCUT2D eigenvalue weighted by Crippen LogP contribution is -2.38. The van der Waals surface area contributed by atoms with Crippen LogP contribution in [0.15, 0.2) is 0 Å². The lowest BCUT2D eigenvalue weighted by molar-refractivity contribution is -0.206. The molecule has 0 aliphatic carbocycles. The van der Waals surface area contributed by atoms with Crippen molar-refractivity contribution in [2.75, 3.05) is 13.7 Å². The Hall–Kier alpha value is -2.27. The molecular formula is C16H13ClF8N4O4S. The summed E-state index contributed by atoms with van der Waals surface area (Å²) in [4.78, 5) is 27.6. The van der Waals surface area contributed by atoms with Crippen molar-refractivity contribution in [1.82, 2.24) is 19.5 Å². The number of esters is 1. The van der Waals surface area contributed by atoms with Gasteiger partial charge in [-0.3, -0.25) is 4.79 Å². The second kappa shape index (κ2) is 9.07. The molecule has 1 amide bonds. The summed E-state index contributed by atoms with van der Waals surface area (Å²) in [6.45, 7) is -1.76. The van der Waals surface area contributed by atoms with Crippen LogP contribution in [0.5, 0.6) is 0 Å². The number of alkyl halides is 9. The Labute approximate surface area is 193 Å². The van der Waals surface area contributed by atoms with Gasteiger partial charge in [-0.2, -0.15) is 40.2 Å². The van der Waals surface area contributed by atoms with Crippen LogP contribution in [-0.2, 0) is 38.4 Å². The standard InChI is InChI=1S/C16H13ClF8N4O4S/c1-32-5-8-27-29-7(10(15(20,21)22)26-13(29)34-8)4-28-3-6(2-14(17,18)19)9(11(28)30)33-12(31)16(23,24)25/h6,9H,2-5H2,1H3. The largest absolute Gasteiger partial charge is 0.490 e. The number of carbonyl (C=O) groups is 2. The Balaban J connectivity index is 1.96. The maximum atomic E-state index is 13.5. The van der Waals surface area contributed by atoms with E-state index in [0.717, 1.165) is 15.9 Å². The van der Waals surface area contributed by atoms with Crippen LogP contribution in [0.4, 0.5) is 35.1 Å². The molecule has 0 aromatic carbocycles. The van der Waals surface area contributed by atoms with Gasteiger partial charge in [0, 0.05) is 26.0 Å². The number of likely N-dealkylation sites (tertiary alicyclic amines) is 1. The average Bonchev–Trinajstić information content (AvgIpc) is 3.28. The third kappa shape index (κ3) is 5.68. The lowest BCUT2D eigenvalue weighted by Gasteiger charge is -2.19. The minimum atomic E-state index is -5.54. The number of nitrogens with zero attached hydrogens (tertiary/aromatic N) is 4.